The zero-order chi connectivity index (χ0) is 22.7. The lowest BCUT2D eigenvalue weighted by Gasteiger charge is -2.40. The third-order valence-corrected chi connectivity index (χ3v) is 7.87. The Labute approximate surface area is 194 Å². The van der Waals surface area contributed by atoms with Gasteiger partial charge in [-0.2, -0.15) is 0 Å². The number of hydrogen-bond donors (Lipinski definition) is 2. The van der Waals surface area contributed by atoms with Crippen molar-refractivity contribution >= 4 is 22.4 Å². The summed E-state index contributed by atoms with van der Waals surface area (Å²) in [6, 6.07) is 21.2. The molecule has 2 aliphatic heterocycles. The van der Waals surface area contributed by atoms with Crippen molar-refractivity contribution in [3.63, 3.8) is 0 Å². The van der Waals surface area contributed by atoms with Crippen molar-refractivity contribution in [1.82, 2.24) is 4.90 Å². The molecule has 1 fully saturated rings. The van der Waals surface area contributed by atoms with Crippen LogP contribution in [0.2, 0.25) is 0 Å². The molecular formula is C28H30N2O3. The largest absolute Gasteiger partial charge is 0.393 e. The van der Waals surface area contributed by atoms with Gasteiger partial charge in [0.1, 0.15) is 0 Å². The molecule has 0 saturated carbocycles. The van der Waals surface area contributed by atoms with Crippen LogP contribution in [0.15, 0.2) is 60.7 Å². The van der Waals surface area contributed by atoms with Crippen molar-refractivity contribution < 1.29 is 15.0 Å². The molecule has 2 N–H and O–H groups in total. The van der Waals surface area contributed by atoms with Gasteiger partial charge in [-0.1, -0.05) is 54.6 Å². The first kappa shape index (κ1) is 20.8. The normalized spacial score (nSPS) is 26.2. The topological polar surface area (TPSA) is 64.0 Å². The first-order valence-corrected chi connectivity index (χ1v) is 12.1. The van der Waals surface area contributed by atoms with Crippen LogP contribution in [0.1, 0.15) is 48.9 Å². The minimum absolute atomic E-state index is 0.0164. The summed E-state index contributed by atoms with van der Waals surface area (Å²) >= 11 is 0. The zero-order valence-corrected chi connectivity index (χ0v) is 18.9. The number of nitrogens with zero attached hydrogens (tertiary/aromatic N) is 2. The van der Waals surface area contributed by atoms with Crippen molar-refractivity contribution in [3.05, 3.63) is 77.4 Å². The second-order valence-corrected chi connectivity index (χ2v) is 9.96. The predicted molar refractivity (Wildman–Crippen MR) is 129 cm³/mol. The average Bonchev–Trinajstić information content (AvgIpc) is 3.29. The van der Waals surface area contributed by atoms with Crippen LogP contribution in [0.4, 0.5) is 5.69 Å². The Balaban J connectivity index is 1.23. The van der Waals surface area contributed by atoms with Crippen LogP contribution in [0.3, 0.4) is 0 Å². The molecule has 3 atom stereocenters. The fourth-order valence-electron chi connectivity index (χ4n) is 6.44. The van der Waals surface area contributed by atoms with Crippen LogP contribution in [0.25, 0.3) is 10.8 Å². The molecule has 0 spiro atoms. The summed E-state index contributed by atoms with van der Waals surface area (Å²) in [5.74, 6) is -0.291. The van der Waals surface area contributed by atoms with Crippen molar-refractivity contribution in [2.45, 2.75) is 56.4 Å². The summed E-state index contributed by atoms with van der Waals surface area (Å²) in [7, 11) is 0. The summed E-state index contributed by atoms with van der Waals surface area (Å²) < 4.78 is 0. The van der Waals surface area contributed by atoms with E-state index in [4.69, 9.17) is 0 Å². The van der Waals surface area contributed by atoms with E-state index in [0.29, 0.717) is 11.6 Å². The first-order valence-electron chi connectivity index (χ1n) is 12.1. The number of likely N-dealkylation sites (tertiary alicyclic amines) is 1. The molecular weight excluding hydrogens is 412 g/mol. The van der Waals surface area contributed by atoms with E-state index in [2.05, 4.69) is 41.3 Å². The van der Waals surface area contributed by atoms with Gasteiger partial charge in [-0.15, -0.1) is 0 Å². The molecule has 6 rings (SSSR count). The number of benzene rings is 3. The third kappa shape index (κ3) is 3.14. The van der Waals surface area contributed by atoms with E-state index in [1.54, 1.807) is 6.92 Å². The predicted octanol–water partition coefficient (Wildman–Crippen LogP) is 3.91. The number of anilines is 1. The molecule has 3 aromatic carbocycles. The summed E-state index contributed by atoms with van der Waals surface area (Å²) in [6.45, 7) is 3.45. The molecule has 3 aromatic rings. The van der Waals surface area contributed by atoms with Crippen LogP contribution in [-0.2, 0) is 16.8 Å². The maximum atomic E-state index is 13.5. The molecule has 0 bridgehead atoms. The molecule has 1 amide bonds. The molecule has 2 unspecified atom stereocenters. The van der Waals surface area contributed by atoms with Crippen LogP contribution in [-0.4, -0.2) is 46.3 Å². The lowest BCUT2D eigenvalue weighted by molar-refractivity contribution is -0.139. The standard InChI is InChI=1S/C28H30N2O3/c1-18(31)17-28(33)23-10-2-3-11-24(23)30(27(28)32)21-12-14-29(15-13-21)25-16-20-8-4-6-19-7-5-9-22(25)26(19)20/h2-11,18,21,25,31,33H,12-17H2,1H3/t18-,25?,28?/m1/s1. The van der Waals surface area contributed by atoms with E-state index >= 15 is 0 Å². The van der Waals surface area contributed by atoms with Gasteiger partial charge in [-0.3, -0.25) is 9.69 Å². The summed E-state index contributed by atoms with van der Waals surface area (Å²) in [4.78, 5) is 17.9. The summed E-state index contributed by atoms with van der Waals surface area (Å²) in [5.41, 5.74) is 2.63. The van der Waals surface area contributed by atoms with Crippen LogP contribution < -0.4 is 4.90 Å². The Morgan fingerprint density at radius 1 is 1.03 bits per heavy atom. The van der Waals surface area contributed by atoms with Gasteiger partial charge in [0.25, 0.3) is 5.91 Å². The Hall–Kier alpha value is -2.73. The van der Waals surface area contributed by atoms with Crippen molar-refractivity contribution in [1.29, 1.82) is 0 Å². The highest BCUT2D eigenvalue weighted by atomic mass is 16.3. The Morgan fingerprint density at radius 2 is 1.76 bits per heavy atom. The highest BCUT2D eigenvalue weighted by Crippen LogP contribution is 2.46. The minimum Gasteiger partial charge on any atom is -0.393 e. The number of carbonyl (C=O) groups is 1. The molecule has 170 valence electrons. The fourth-order valence-corrected chi connectivity index (χ4v) is 6.44. The minimum atomic E-state index is -1.65. The van der Waals surface area contributed by atoms with E-state index in [1.807, 2.05) is 29.2 Å². The zero-order valence-electron chi connectivity index (χ0n) is 18.9. The lowest BCUT2D eigenvalue weighted by Crippen LogP contribution is -2.50. The number of carbonyl (C=O) groups excluding carboxylic acids is 1. The van der Waals surface area contributed by atoms with Crippen LogP contribution in [0, 0.1) is 0 Å². The molecule has 1 saturated heterocycles. The van der Waals surface area contributed by atoms with Gasteiger partial charge in [-0.25, -0.2) is 0 Å². The number of fused-ring (bicyclic) bond motifs is 1. The van der Waals surface area contributed by atoms with Crippen LogP contribution >= 0.6 is 0 Å². The summed E-state index contributed by atoms with van der Waals surface area (Å²) in [6.07, 6.45) is 2.03. The second-order valence-electron chi connectivity index (χ2n) is 9.96. The number of aliphatic hydroxyl groups is 2. The fraction of sp³-hybridized carbons (Fsp3) is 0.393. The molecule has 0 aromatic heterocycles. The highest BCUT2D eigenvalue weighted by molar-refractivity contribution is 6.07. The van der Waals surface area contributed by atoms with Gasteiger partial charge in [0.2, 0.25) is 0 Å². The van der Waals surface area contributed by atoms with E-state index in [1.165, 1.54) is 21.9 Å². The average molecular weight is 443 g/mol. The van der Waals surface area contributed by atoms with Gasteiger partial charge < -0.3 is 15.1 Å². The van der Waals surface area contributed by atoms with Crippen LogP contribution in [0.5, 0.6) is 0 Å². The Kier molecular flexibility index (Phi) is 4.84. The highest BCUT2D eigenvalue weighted by Gasteiger charge is 2.52. The maximum Gasteiger partial charge on any atom is 0.264 e. The Morgan fingerprint density at radius 3 is 2.52 bits per heavy atom. The van der Waals surface area contributed by atoms with Crippen molar-refractivity contribution in [2.24, 2.45) is 0 Å². The lowest BCUT2D eigenvalue weighted by atomic mass is 9.90. The number of para-hydroxylation sites is 1. The van der Waals surface area contributed by atoms with E-state index in [-0.39, 0.29) is 18.4 Å². The van der Waals surface area contributed by atoms with Crippen molar-refractivity contribution in [3.8, 4) is 0 Å². The molecule has 2 heterocycles. The van der Waals surface area contributed by atoms with Gasteiger partial charge in [0, 0.05) is 37.2 Å². The Bertz CT molecular complexity index is 1230. The monoisotopic (exact) mass is 442 g/mol. The van der Waals surface area contributed by atoms with E-state index < -0.39 is 11.7 Å². The van der Waals surface area contributed by atoms with E-state index in [0.717, 1.165) is 38.0 Å². The summed E-state index contributed by atoms with van der Waals surface area (Å²) in [5, 5.41) is 24.0. The number of rotatable bonds is 4. The SMILES string of the molecule is C[C@@H](O)CC1(O)C(=O)N(C2CCN(C3Cc4cccc5cccc3c45)CC2)c2ccccc21. The maximum absolute atomic E-state index is 13.5. The smallest absolute Gasteiger partial charge is 0.264 e. The molecule has 5 heteroatoms. The number of hydrogen-bond acceptors (Lipinski definition) is 4. The molecule has 0 radical (unpaired) electrons. The molecule has 5 nitrogen and oxygen atoms in total. The third-order valence-electron chi connectivity index (χ3n) is 7.87. The number of piperidine rings is 1. The van der Waals surface area contributed by atoms with Gasteiger partial charge >= 0.3 is 0 Å². The molecule has 3 aliphatic rings. The van der Waals surface area contributed by atoms with Gasteiger partial charge in [0.15, 0.2) is 5.60 Å². The van der Waals surface area contributed by atoms with Crippen molar-refractivity contribution in [2.75, 3.05) is 18.0 Å². The quantitative estimate of drug-likeness (QED) is 0.643. The van der Waals surface area contributed by atoms with Gasteiger partial charge in [0.05, 0.1) is 11.8 Å². The first-order chi connectivity index (χ1) is 16.0. The molecule has 33 heavy (non-hydrogen) atoms. The van der Waals surface area contributed by atoms with E-state index in [9.17, 15) is 15.0 Å². The molecule has 1 aliphatic carbocycles. The number of aliphatic hydroxyl groups excluding tert-OH is 1. The number of amides is 1. The second kappa shape index (κ2) is 7.66. The van der Waals surface area contributed by atoms with Gasteiger partial charge in [-0.05, 0) is 54.2 Å².